The number of rotatable bonds is 5. The van der Waals surface area contributed by atoms with Gasteiger partial charge in [-0.1, -0.05) is 6.92 Å². The molecule has 2 aromatic heterocycles. The number of ether oxygens (including phenoxy) is 1. The average molecular weight is 299 g/mol. The number of anilines is 1. The molecule has 0 aliphatic rings. The van der Waals surface area contributed by atoms with Crippen molar-refractivity contribution in [1.82, 2.24) is 14.4 Å². The van der Waals surface area contributed by atoms with Crippen molar-refractivity contribution in [3.63, 3.8) is 0 Å². The Bertz CT molecular complexity index is 499. The van der Waals surface area contributed by atoms with Crippen molar-refractivity contribution in [1.29, 1.82) is 0 Å². The molecule has 0 spiro atoms. The van der Waals surface area contributed by atoms with Gasteiger partial charge in [0, 0.05) is 32.2 Å². The highest BCUT2D eigenvalue weighted by molar-refractivity contribution is 9.10. The summed E-state index contributed by atoms with van der Waals surface area (Å²) < 4.78 is 7.81. The van der Waals surface area contributed by atoms with Gasteiger partial charge in [-0.05, 0) is 21.8 Å². The Hall–Kier alpha value is -1.14. The van der Waals surface area contributed by atoms with Crippen LogP contribution < -0.4 is 5.32 Å². The van der Waals surface area contributed by atoms with E-state index < -0.39 is 0 Å². The van der Waals surface area contributed by atoms with Crippen LogP contribution in [0.5, 0.6) is 0 Å². The maximum absolute atomic E-state index is 5.10. The zero-order chi connectivity index (χ0) is 12.3. The first kappa shape index (κ1) is 12.3. The van der Waals surface area contributed by atoms with E-state index in [2.05, 4.69) is 38.1 Å². The SMILES string of the molecule is COCC(C)CNc1nc(Br)cn2ccnc12. The molecule has 2 aromatic rings. The Balaban J connectivity index is 2.14. The number of hydrogen-bond acceptors (Lipinski definition) is 4. The molecule has 0 bridgehead atoms. The highest BCUT2D eigenvalue weighted by Crippen LogP contribution is 2.17. The lowest BCUT2D eigenvalue weighted by atomic mass is 10.2. The van der Waals surface area contributed by atoms with Gasteiger partial charge < -0.3 is 14.5 Å². The quantitative estimate of drug-likeness (QED) is 0.919. The second-order valence-corrected chi connectivity index (χ2v) is 4.82. The number of methoxy groups -OCH3 is 1. The predicted molar refractivity (Wildman–Crippen MR) is 70.2 cm³/mol. The molecule has 0 amide bonds. The molecule has 2 heterocycles. The Kier molecular flexibility index (Phi) is 3.96. The minimum atomic E-state index is 0.427. The summed E-state index contributed by atoms with van der Waals surface area (Å²) in [6.45, 7) is 3.66. The van der Waals surface area contributed by atoms with Gasteiger partial charge in [-0.25, -0.2) is 9.97 Å². The van der Waals surface area contributed by atoms with Crippen LogP contribution in [-0.2, 0) is 4.74 Å². The molecule has 0 aliphatic carbocycles. The summed E-state index contributed by atoms with van der Waals surface area (Å²) in [5.41, 5.74) is 0.831. The summed E-state index contributed by atoms with van der Waals surface area (Å²) in [6, 6.07) is 0. The van der Waals surface area contributed by atoms with Gasteiger partial charge in [0.05, 0.1) is 6.61 Å². The standard InChI is InChI=1S/C11H15BrN4O/c1-8(7-17-2)5-14-10-11-13-3-4-16(11)6-9(12)15-10/h3-4,6,8H,5,7H2,1-2H3,(H,14,15). The zero-order valence-electron chi connectivity index (χ0n) is 9.85. The van der Waals surface area contributed by atoms with Crippen molar-refractivity contribution in [2.45, 2.75) is 6.92 Å². The molecule has 0 saturated heterocycles. The molecule has 1 N–H and O–H groups in total. The third-order valence-corrected chi connectivity index (χ3v) is 2.80. The molecular formula is C11H15BrN4O. The van der Waals surface area contributed by atoms with Gasteiger partial charge in [-0.3, -0.25) is 0 Å². The van der Waals surface area contributed by atoms with Crippen molar-refractivity contribution < 1.29 is 4.74 Å². The van der Waals surface area contributed by atoms with E-state index in [1.807, 2.05) is 16.8 Å². The summed E-state index contributed by atoms with van der Waals surface area (Å²) in [7, 11) is 1.71. The van der Waals surface area contributed by atoms with Gasteiger partial charge in [0.15, 0.2) is 11.5 Å². The first-order valence-electron chi connectivity index (χ1n) is 5.42. The number of hydrogen-bond donors (Lipinski definition) is 1. The number of imidazole rings is 1. The molecule has 17 heavy (non-hydrogen) atoms. The van der Waals surface area contributed by atoms with E-state index in [4.69, 9.17) is 4.74 Å². The van der Waals surface area contributed by atoms with Gasteiger partial charge in [0.2, 0.25) is 0 Å². The number of aromatic nitrogens is 3. The molecule has 0 fully saturated rings. The molecule has 0 saturated carbocycles. The van der Waals surface area contributed by atoms with E-state index in [9.17, 15) is 0 Å². The highest BCUT2D eigenvalue weighted by atomic mass is 79.9. The second kappa shape index (κ2) is 5.46. The van der Waals surface area contributed by atoms with Crippen molar-refractivity contribution >= 4 is 27.4 Å². The minimum absolute atomic E-state index is 0.427. The molecule has 92 valence electrons. The van der Waals surface area contributed by atoms with Crippen LogP contribution in [0, 0.1) is 5.92 Å². The van der Waals surface area contributed by atoms with Crippen molar-refractivity contribution in [2.24, 2.45) is 5.92 Å². The van der Waals surface area contributed by atoms with Gasteiger partial charge in [-0.2, -0.15) is 0 Å². The van der Waals surface area contributed by atoms with Gasteiger partial charge in [-0.15, -0.1) is 0 Å². The fourth-order valence-electron chi connectivity index (χ4n) is 1.63. The molecule has 6 heteroatoms. The van der Waals surface area contributed by atoms with E-state index in [1.165, 1.54) is 0 Å². The topological polar surface area (TPSA) is 51.5 Å². The van der Waals surface area contributed by atoms with Crippen LogP contribution >= 0.6 is 15.9 Å². The van der Waals surface area contributed by atoms with E-state index in [-0.39, 0.29) is 0 Å². The second-order valence-electron chi connectivity index (χ2n) is 4.01. The molecule has 0 aliphatic heterocycles. The van der Waals surface area contributed by atoms with Crippen LogP contribution in [0.4, 0.5) is 5.82 Å². The predicted octanol–water partition coefficient (Wildman–Crippen LogP) is 2.19. The fraction of sp³-hybridized carbons (Fsp3) is 0.455. The molecule has 1 unspecified atom stereocenters. The van der Waals surface area contributed by atoms with Crippen LogP contribution in [-0.4, -0.2) is 34.6 Å². The smallest absolute Gasteiger partial charge is 0.180 e. The van der Waals surface area contributed by atoms with Crippen molar-refractivity contribution in [3.8, 4) is 0 Å². The van der Waals surface area contributed by atoms with E-state index in [1.54, 1.807) is 13.3 Å². The van der Waals surface area contributed by atoms with Crippen molar-refractivity contribution in [3.05, 3.63) is 23.2 Å². The number of fused-ring (bicyclic) bond motifs is 1. The first-order chi connectivity index (χ1) is 8.20. The lowest BCUT2D eigenvalue weighted by Crippen LogP contribution is -2.17. The van der Waals surface area contributed by atoms with Gasteiger partial charge in [0.25, 0.3) is 0 Å². The van der Waals surface area contributed by atoms with Crippen LogP contribution in [0.2, 0.25) is 0 Å². The van der Waals surface area contributed by atoms with Gasteiger partial charge in [0.1, 0.15) is 4.60 Å². The fourth-order valence-corrected chi connectivity index (χ4v) is 2.03. The summed E-state index contributed by atoms with van der Waals surface area (Å²) in [6.07, 6.45) is 5.53. The monoisotopic (exact) mass is 298 g/mol. The zero-order valence-corrected chi connectivity index (χ0v) is 11.4. The van der Waals surface area contributed by atoms with E-state index >= 15 is 0 Å². The lowest BCUT2D eigenvalue weighted by Gasteiger charge is -2.12. The molecule has 2 rings (SSSR count). The number of halogens is 1. The Morgan fingerprint density at radius 2 is 2.41 bits per heavy atom. The molecule has 1 atom stereocenters. The first-order valence-corrected chi connectivity index (χ1v) is 6.22. The summed E-state index contributed by atoms with van der Waals surface area (Å²) in [5, 5.41) is 3.29. The van der Waals surface area contributed by atoms with Crippen LogP contribution in [0.15, 0.2) is 23.2 Å². The third-order valence-electron chi connectivity index (χ3n) is 2.41. The Morgan fingerprint density at radius 3 is 3.18 bits per heavy atom. The summed E-state index contributed by atoms with van der Waals surface area (Å²) in [5.74, 6) is 1.21. The number of nitrogens with zero attached hydrogens (tertiary/aromatic N) is 3. The highest BCUT2D eigenvalue weighted by Gasteiger charge is 2.07. The maximum Gasteiger partial charge on any atom is 0.180 e. The van der Waals surface area contributed by atoms with Crippen molar-refractivity contribution in [2.75, 3.05) is 25.6 Å². The average Bonchev–Trinajstić information content (AvgIpc) is 2.74. The molecule has 5 nitrogen and oxygen atoms in total. The Labute approximate surface area is 108 Å². The minimum Gasteiger partial charge on any atom is -0.384 e. The molecule has 0 aromatic carbocycles. The lowest BCUT2D eigenvalue weighted by molar-refractivity contribution is 0.164. The van der Waals surface area contributed by atoms with E-state index in [0.29, 0.717) is 5.92 Å². The summed E-state index contributed by atoms with van der Waals surface area (Å²) in [4.78, 5) is 8.66. The van der Waals surface area contributed by atoms with Crippen LogP contribution in [0.1, 0.15) is 6.92 Å². The Morgan fingerprint density at radius 1 is 1.59 bits per heavy atom. The maximum atomic E-state index is 5.10. The van der Waals surface area contributed by atoms with Gasteiger partial charge >= 0.3 is 0 Å². The number of nitrogens with one attached hydrogen (secondary N) is 1. The van der Waals surface area contributed by atoms with Crippen LogP contribution in [0.25, 0.3) is 5.65 Å². The van der Waals surface area contributed by atoms with Crippen LogP contribution in [0.3, 0.4) is 0 Å². The van der Waals surface area contributed by atoms with E-state index in [0.717, 1.165) is 29.2 Å². The molecular weight excluding hydrogens is 284 g/mol. The molecule has 0 radical (unpaired) electrons. The largest absolute Gasteiger partial charge is 0.384 e. The normalized spacial score (nSPS) is 12.9. The third kappa shape index (κ3) is 2.95. The summed E-state index contributed by atoms with van der Waals surface area (Å²) >= 11 is 3.38.